The molecule has 1 saturated heterocycles. The molecule has 2 fully saturated rings. The minimum atomic E-state index is -1.27. The molecule has 1 saturated carbocycles. The fourth-order valence-corrected chi connectivity index (χ4v) is 4.05. The molecule has 0 unspecified atom stereocenters. The maximum Gasteiger partial charge on any atom is 0.341 e. The van der Waals surface area contributed by atoms with Gasteiger partial charge < -0.3 is 14.6 Å². The number of benzene rings is 1. The van der Waals surface area contributed by atoms with Gasteiger partial charge in [0.25, 0.3) is 0 Å². The van der Waals surface area contributed by atoms with Crippen LogP contribution in [0.2, 0.25) is 0 Å². The molecular formula is C18H20FN3O3S. The van der Waals surface area contributed by atoms with Gasteiger partial charge in [-0.25, -0.2) is 13.5 Å². The standard InChI is InChI=1S/C18H20FN3O3S/c1-26-21-6-4-20(5-7-21)16-9-15-12(8-14(16)19)17(23)13(18(24)25)10-22(15)11-2-3-11/h8-11H,2-7H2,1H3,(H,24,25). The molecule has 1 aromatic carbocycles. The highest BCUT2D eigenvalue weighted by Crippen LogP contribution is 2.38. The number of carbonyl (C=O) groups is 1. The van der Waals surface area contributed by atoms with Crippen LogP contribution in [0.1, 0.15) is 29.2 Å². The zero-order chi connectivity index (χ0) is 18.4. The van der Waals surface area contributed by atoms with Gasteiger partial charge in [0.05, 0.1) is 11.2 Å². The average molecular weight is 377 g/mol. The number of carboxylic acids is 1. The zero-order valence-corrected chi connectivity index (χ0v) is 15.3. The number of nitrogens with zero attached hydrogens (tertiary/aromatic N) is 3. The van der Waals surface area contributed by atoms with E-state index in [1.165, 1.54) is 12.3 Å². The maximum atomic E-state index is 14.8. The predicted octanol–water partition coefficient (Wildman–Crippen LogP) is 2.57. The summed E-state index contributed by atoms with van der Waals surface area (Å²) in [7, 11) is 0. The van der Waals surface area contributed by atoms with Gasteiger partial charge in [0.15, 0.2) is 0 Å². The topological polar surface area (TPSA) is 65.8 Å². The van der Waals surface area contributed by atoms with E-state index in [2.05, 4.69) is 4.31 Å². The van der Waals surface area contributed by atoms with Crippen LogP contribution in [0.5, 0.6) is 0 Å². The van der Waals surface area contributed by atoms with Crippen molar-refractivity contribution in [3.8, 4) is 0 Å². The number of halogens is 1. The van der Waals surface area contributed by atoms with Crippen LogP contribution in [0.25, 0.3) is 10.9 Å². The summed E-state index contributed by atoms with van der Waals surface area (Å²) in [5, 5.41) is 9.45. The third-order valence-corrected chi connectivity index (χ3v) is 5.99. The molecule has 2 aliphatic rings. The van der Waals surface area contributed by atoms with Gasteiger partial charge in [-0.15, -0.1) is 0 Å². The predicted molar refractivity (Wildman–Crippen MR) is 101 cm³/mol. The Balaban J connectivity index is 1.83. The summed E-state index contributed by atoms with van der Waals surface area (Å²) in [6, 6.07) is 3.10. The van der Waals surface area contributed by atoms with E-state index in [1.807, 2.05) is 15.7 Å². The molecule has 0 amide bonds. The first-order chi connectivity index (χ1) is 12.5. The van der Waals surface area contributed by atoms with Gasteiger partial charge in [0, 0.05) is 43.8 Å². The molecule has 1 aromatic heterocycles. The highest BCUT2D eigenvalue weighted by Gasteiger charge is 2.28. The summed E-state index contributed by atoms with van der Waals surface area (Å²) in [6.45, 7) is 3.10. The van der Waals surface area contributed by atoms with Crippen molar-refractivity contribution in [1.29, 1.82) is 0 Å². The van der Waals surface area contributed by atoms with Gasteiger partial charge in [-0.2, -0.15) is 0 Å². The molecule has 0 bridgehead atoms. The lowest BCUT2D eigenvalue weighted by Crippen LogP contribution is -2.43. The van der Waals surface area contributed by atoms with Gasteiger partial charge in [-0.3, -0.25) is 4.79 Å². The Morgan fingerprint density at radius 3 is 2.50 bits per heavy atom. The molecule has 0 radical (unpaired) electrons. The average Bonchev–Trinajstić information content (AvgIpc) is 3.47. The number of hydrogen-bond donors (Lipinski definition) is 1. The van der Waals surface area contributed by atoms with E-state index in [0.717, 1.165) is 25.9 Å². The monoisotopic (exact) mass is 377 g/mol. The minimum Gasteiger partial charge on any atom is -0.477 e. The maximum absolute atomic E-state index is 14.8. The molecule has 8 heteroatoms. The summed E-state index contributed by atoms with van der Waals surface area (Å²) >= 11 is 1.68. The Labute approximate surface area is 154 Å². The minimum absolute atomic E-state index is 0.140. The van der Waals surface area contributed by atoms with Gasteiger partial charge in [-0.1, -0.05) is 11.9 Å². The zero-order valence-electron chi connectivity index (χ0n) is 14.4. The number of aromatic carboxylic acids is 1. The summed E-state index contributed by atoms with van der Waals surface area (Å²) < 4.78 is 18.9. The van der Waals surface area contributed by atoms with E-state index >= 15 is 0 Å². The number of aromatic nitrogens is 1. The van der Waals surface area contributed by atoms with Gasteiger partial charge in [0.2, 0.25) is 5.43 Å². The number of anilines is 1. The lowest BCUT2D eigenvalue weighted by atomic mass is 10.1. The SMILES string of the molecule is CSN1CCN(c2cc3c(cc2F)c(=O)c(C(=O)O)cn3C2CC2)CC1. The van der Waals surface area contributed by atoms with Gasteiger partial charge in [-0.05, 0) is 31.2 Å². The van der Waals surface area contributed by atoms with Crippen LogP contribution in [0.4, 0.5) is 10.1 Å². The molecule has 138 valence electrons. The fourth-order valence-electron chi connectivity index (χ4n) is 3.52. The number of piperazine rings is 1. The van der Waals surface area contributed by atoms with Gasteiger partial charge in [0.1, 0.15) is 11.4 Å². The van der Waals surface area contributed by atoms with Crippen molar-refractivity contribution in [1.82, 2.24) is 8.87 Å². The van der Waals surface area contributed by atoms with Crippen molar-refractivity contribution in [2.45, 2.75) is 18.9 Å². The molecule has 2 heterocycles. The fraction of sp³-hybridized carbons (Fsp3) is 0.444. The van der Waals surface area contributed by atoms with E-state index in [1.54, 1.807) is 18.0 Å². The summed E-state index contributed by atoms with van der Waals surface area (Å²) in [5.74, 6) is -1.75. The highest BCUT2D eigenvalue weighted by molar-refractivity contribution is 7.96. The molecule has 1 aliphatic carbocycles. The Kier molecular flexibility index (Phi) is 4.40. The second kappa shape index (κ2) is 6.59. The van der Waals surface area contributed by atoms with E-state index in [4.69, 9.17) is 0 Å². The molecule has 26 heavy (non-hydrogen) atoms. The molecular weight excluding hydrogens is 357 g/mol. The van der Waals surface area contributed by atoms with Crippen LogP contribution in [-0.4, -0.2) is 52.4 Å². The number of hydrogen-bond acceptors (Lipinski definition) is 5. The van der Waals surface area contributed by atoms with Gasteiger partial charge >= 0.3 is 5.97 Å². The van der Waals surface area contributed by atoms with E-state index in [0.29, 0.717) is 24.3 Å². The molecule has 6 nitrogen and oxygen atoms in total. The van der Waals surface area contributed by atoms with Crippen LogP contribution in [0.15, 0.2) is 23.1 Å². The lowest BCUT2D eigenvalue weighted by Gasteiger charge is -2.35. The van der Waals surface area contributed by atoms with Crippen LogP contribution in [0, 0.1) is 5.82 Å². The van der Waals surface area contributed by atoms with E-state index < -0.39 is 17.2 Å². The first-order valence-corrected chi connectivity index (χ1v) is 9.83. The largest absolute Gasteiger partial charge is 0.477 e. The summed E-state index contributed by atoms with van der Waals surface area (Å²) in [4.78, 5) is 25.9. The first kappa shape index (κ1) is 17.4. The molecule has 1 aliphatic heterocycles. The van der Waals surface area contributed by atoms with Crippen LogP contribution in [0.3, 0.4) is 0 Å². The van der Waals surface area contributed by atoms with Crippen molar-refractivity contribution in [3.05, 3.63) is 39.9 Å². The normalized spacial score (nSPS) is 18.5. The van der Waals surface area contributed by atoms with Crippen molar-refractivity contribution in [2.24, 2.45) is 0 Å². The Morgan fingerprint density at radius 1 is 1.23 bits per heavy atom. The first-order valence-electron chi connectivity index (χ1n) is 8.65. The summed E-state index contributed by atoms with van der Waals surface area (Å²) in [5.41, 5.74) is 0.175. The molecule has 4 rings (SSSR count). The number of fused-ring (bicyclic) bond motifs is 1. The second-order valence-electron chi connectivity index (χ2n) is 6.73. The van der Waals surface area contributed by atoms with Crippen molar-refractivity contribution in [2.75, 3.05) is 37.3 Å². The van der Waals surface area contributed by atoms with Crippen LogP contribution in [-0.2, 0) is 0 Å². The van der Waals surface area contributed by atoms with Crippen molar-refractivity contribution < 1.29 is 14.3 Å². The van der Waals surface area contributed by atoms with Crippen molar-refractivity contribution in [3.63, 3.8) is 0 Å². The summed E-state index contributed by atoms with van der Waals surface area (Å²) in [6.07, 6.45) is 5.32. The van der Waals surface area contributed by atoms with Crippen LogP contribution < -0.4 is 10.3 Å². The molecule has 2 aromatic rings. The third-order valence-electron chi connectivity index (χ3n) is 5.11. The van der Waals surface area contributed by atoms with Crippen molar-refractivity contribution >= 4 is 34.5 Å². The Morgan fingerprint density at radius 2 is 1.92 bits per heavy atom. The molecule has 0 atom stereocenters. The lowest BCUT2D eigenvalue weighted by molar-refractivity contribution is 0.0695. The van der Waals surface area contributed by atoms with E-state index in [9.17, 15) is 19.1 Å². The van der Waals surface area contributed by atoms with E-state index in [-0.39, 0.29) is 17.0 Å². The second-order valence-corrected chi connectivity index (χ2v) is 7.62. The highest BCUT2D eigenvalue weighted by atomic mass is 32.2. The third kappa shape index (κ3) is 2.97. The Hall–Kier alpha value is -2.06. The smallest absolute Gasteiger partial charge is 0.341 e. The Bertz CT molecular complexity index is 933. The number of rotatable bonds is 4. The molecule has 0 spiro atoms. The number of pyridine rings is 1. The quantitative estimate of drug-likeness (QED) is 0.827. The number of carboxylic acid groups (broad SMARTS) is 1. The molecule has 1 N–H and O–H groups in total. The van der Waals surface area contributed by atoms with Crippen LogP contribution >= 0.6 is 11.9 Å².